The Kier molecular flexibility index (Phi) is 8.08. The molecule has 0 bridgehead atoms. The van der Waals surface area contributed by atoms with Crippen molar-refractivity contribution in [2.45, 2.75) is 50.2 Å². The third-order valence-electron chi connectivity index (χ3n) is 6.51. The average Bonchev–Trinajstić information content (AvgIpc) is 3.31. The first-order valence-corrected chi connectivity index (χ1v) is 14.1. The molecule has 0 amide bonds. The van der Waals surface area contributed by atoms with Crippen molar-refractivity contribution in [3.63, 3.8) is 0 Å². The van der Waals surface area contributed by atoms with Crippen LogP contribution >= 0.6 is 33.9 Å². The second-order valence-corrected chi connectivity index (χ2v) is 11.6. The Hall–Kier alpha value is -2.80. The monoisotopic (exact) mass is 671 g/mol. The summed E-state index contributed by atoms with van der Waals surface area (Å²) in [6.45, 7) is 0. The predicted octanol–water partition coefficient (Wildman–Crippen LogP) is 8.00. The molecule has 204 valence electrons. The highest BCUT2D eigenvalue weighted by molar-refractivity contribution is 14.1. The molecular weight excluding hydrogens is 648 g/mol. The number of alkyl halides is 4. The highest BCUT2D eigenvalue weighted by atomic mass is 127. The lowest BCUT2D eigenvalue weighted by molar-refractivity contribution is -0.253. The molecule has 39 heavy (non-hydrogen) atoms. The second kappa shape index (κ2) is 11.4. The molecule has 1 N–H and O–H groups in total. The third kappa shape index (κ3) is 6.19. The van der Waals surface area contributed by atoms with Gasteiger partial charge in [0.25, 0.3) is 0 Å². The van der Waals surface area contributed by atoms with Crippen molar-refractivity contribution in [3.8, 4) is 5.75 Å². The van der Waals surface area contributed by atoms with Crippen LogP contribution in [0.4, 0.5) is 27.1 Å². The predicted molar refractivity (Wildman–Crippen MR) is 148 cm³/mol. The molecule has 0 aliphatic heterocycles. The van der Waals surface area contributed by atoms with E-state index < -0.39 is 29.6 Å². The van der Waals surface area contributed by atoms with Crippen LogP contribution in [-0.2, 0) is 24.8 Å². The number of thiazole rings is 1. The van der Waals surface area contributed by atoms with Gasteiger partial charge in [-0.2, -0.15) is 17.6 Å². The standard InChI is InChI=1S/C28H23F5IN3OS/c29-19-12-18(13-21(14-19)38-28(32,33)25(30)31)27(15-17-6-2-1-3-7-17,24-11-10-20(34)16-35-24)37-26-36-22-8-4-5-9-23(22)39-26/h1-3,6-7,10-14,16,25H,4-5,8-9,15H2,(H,36,37). The lowest BCUT2D eigenvalue weighted by Gasteiger charge is -2.36. The average molecular weight is 671 g/mol. The van der Waals surface area contributed by atoms with Gasteiger partial charge in [-0.15, -0.1) is 11.3 Å². The fourth-order valence-electron chi connectivity index (χ4n) is 4.71. The lowest BCUT2D eigenvalue weighted by Crippen LogP contribution is -2.40. The van der Waals surface area contributed by atoms with Gasteiger partial charge in [0.1, 0.15) is 17.1 Å². The summed E-state index contributed by atoms with van der Waals surface area (Å²) >= 11 is 3.61. The maximum absolute atomic E-state index is 15.0. The zero-order chi connectivity index (χ0) is 27.6. The molecule has 0 radical (unpaired) electrons. The van der Waals surface area contributed by atoms with Crippen LogP contribution in [0.15, 0.2) is 66.9 Å². The van der Waals surface area contributed by atoms with E-state index in [9.17, 15) is 17.6 Å². The molecule has 4 aromatic rings. The first-order valence-electron chi connectivity index (χ1n) is 12.2. The number of ether oxygens (including phenoxy) is 1. The summed E-state index contributed by atoms with van der Waals surface area (Å²) in [6, 6.07) is 15.9. The number of hydrogen-bond acceptors (Lipinski definition) is 5. The fraction of sp³-hybridized carbons (Fsp3) is 0.286. The van der Waals surface area contributed by atoms with E-state index in [2.05, 4.69) is 37.6 Å². The SMILES string of the molecule is Fc1cc(OC(F)(F)C(F)F)cc(C(Cc2ccccc2)(Nc2nc3c(s2)CCCC3)c2ccc(I)cn2)c1. The molecule has 0 saturated carbocycles. The number of pyridine rings is 1. The molecule has 5 rings (SSSR count). The number of hydrogen-bond donors (Lipinski definition) is 1. The van der Waals surface area contributed by atoms with Crippen molar-refractivity contribution in [2.24, 2.45) is 0 Å². The number of nitrogens with zero attached hydrogens (tertiary/aromatic N) is 2. The van der Waals surface area contributed by atoms with Gasteiger partial charge in [-0.25, -0.2) is 9.37 Å². The molecule has 0 spiro atoms. The van der Waals surface area contributed by atoms with Crippen molar-refractivity contribution in [1.29, 1.82) is 0 Å². The van der Waals surface area contributed by atoms with Crippen LogP contribution in [0.25, 0.3) is 0 Å². The molecule has 1 aliphatic carbocycles. The molecule has 4 nitrogen and oxygen atoms in total. The number of aromatic nitrogens is 2. The first kappa shape index (κ1) is 27.8. The molecule has 2 aromatic carbocycles. The Balaban J connectivity index is 1.70. The van der Waals surface area contributed by atoms with E-state index in [0.29, 0.717) is 16.9 Å². The van der Waals surface area contributed by atoms with Gasteiger partial charge in [0, 0.05) is 27.1 Å². The molecule has 11 heteroatoms. The molecule has 0 saturated heterocycles. The molecule has 1 atom stereocenters. The Labute approximate surface area is 239 Å². The number of aryl methyl sites for hydroxylation is 2. The summed E-state index contributed by atoms with van der Waals surface area (Å²) in [5.74, 6) is -1.64. The molecular formula is C28H23F5IN3OS. The highest BCUT2D eigenvalue weighted by Gasteiger charge is 2.45. The Morgan fingerprint density at radius 3 is 2.49 bits per heavy atom. The summed E-state index contributed by atoms with van der Waals surface area (Å²) in [5, 5.41) is 4.05. The quantitative estimate of drug-likeness (QED) is 0.145. The van der Waals surface area contributed by atoms with Gasteiger partial charge in [-0.1, -0.05) is 30.3 Å². The molecule has 2 aromatic heterocycles. The van der Waals surface area contributed by atoms with Crippen LogP contribution in [-0.4, -0.2) is 22.5 Å². The van der Waals surface area contributed by atoms with E-state index in [1.165, 1.54) is 17.4 Å². The maximum Gasteiger partial charge on any atom is 0.461 e. The van der Waals surface area contributed by atoms with E-state index in [0.717, 1.165) is 51.5 Å². The van der Waals surface area contributed by atoms with Gasteiger partial charge in [-0.3, -0.25) is 4.98 Å². The topological polar surface area (TPSA) is 47.0 Å². The summed E-state index contributed by atoms with van der Waals surface area (Å²) in [5.41, 5.74) is 1.17. The summed E-state index contributed by atoms with van der Waals surface area (Å²) in [4.78, 5) is 10.6. The van der Waals surface area contributed by atoms with Crippen LogP contribution in [0, 0.1) is 9.39 Å². The number of halogens is 6. The largest absolute Gasteiger partial charge is 0.461 e. The van der Waals surface area contributed by atoms with Gasteiger partial charge in [0.05, 0.1) is 11.4 Å². The normalized spacial score (nSPS) is 15.1. The molecule has 1 aliphatic rings. The molecule has 0 fully saturated rings. The Morgan fingerprint density at radius 1 is 1.03 bits per heavy atom. The van der Waals surface area contributed by atoms with Gasteiger partial charge >= 0.3 is 12.5 Å². The number of benzene rings is 2. The Morgan fingerprint density at radius 2 is 1.79 bits per heavy atom. The minimum atomic E-state index is -4.80. The van der Waals surface area contributed by atoms with Gasteiger partial charge in [-0.05, 0) is 83.7 Å². The van der Waals surface area contributed by atoms with Crippen LogP contribution in [0.3, 0.4) is 0 Å². The van der Waals surface area contributed by atoms with Gasteiger partial charge in [0.15, 0.2) is 5.13 Å². The Bertz CT molecular complexity index is 1410. The number of rotatable bonds is 9. The van der Waals surface area contributed by atoms with Crippen molar-refractivity contribution in [1.82, 2.24) is 9.97 Å². The van der Waals surface area contributed by atoms with Crippen LogP contribution in [0.5, 0.6) is 5.75 Å². The van der Waals surface area contributed by atoms with Crippen LogP contribution in [0.2, 0.25) is 0 Å². The van der Waals surface area contributed by atoms with E-state index >= 15 is 4.39 Å². The minimum absolute atomic E-state index is 0.174. The van der Waals surface area contributed by atoms with E-state index in [1.807, 2.05) is 36.4 Å². The zero-order valence-corrected chi connectivity index (χ0v) is 23.4. The van der Waals surface area contributed by atoms with Crippen molar-refractivity contribution >= 4 is 39.1 Å². The number of fused-ring (bicyclic) bond motifs is 1. The van der Waals surface area contributed by atoms with Crippen LogP contribution < -0.4 is 10.1 Å². The van der Waals surface area contributed by atoms with E-state index in [4.69, 9.17) is 4.98 Å². The van der Waals surface area contributed by atoms with Crippen LogP contribution in [0.1, 0.15) is 40.2 Å². The summed E-state index contributed by atoms with van der Waals surface area (Å²) in [7, 11) is 0. The van der Waals surface area contributed by atoms with E-state index in [-0.39, 0.29) is 12.0 Å². The van der Waals surface area contributed by atoms with E-state index in [1.54, 1.807) is 12.3 Å². The first-order chi connectivity index (χ1) is 18.6. The van der Waals surface area contributed by atoms with Gasteiger partial charge < -0.3 is 10.1 Å². The molecule has 2 heterocycles. The highest BCUT2D eigenvalue weighted by Crippen LogP contribution is 2.41. The zero-order valence-electron chi connectivity index (χ0n) is 20.4. The van der Waals surface area contributed by atoms with Gasteiger partial charge in [0.2, 0.25) is 0 Å². The second-order valence-electron chi connectivity index (χ2n) is 9.29. The van der Waals surface area contributed by atoms with Crippen molar-refractivity contribution in [3.05, 3.63) is 104 Å². The van der Waals surface area contributed by atoms with Crippen molar-refractivity contribution in [2.75, 3.05) is 5.32 Å². The third-order valence-corrected chi connectivity index (χ3v) is 8.23. The van der Waals surface area contributed by atoms with Crippen molar-refractivity contribution < 1.29 is 26.7 Å². The lowest BCUT2D eigenvalue weighted by atomic mass is 9.80. The molecule has 1 unspecified atom stereocenters. The summed E-state index contributed by atoms with van der Waals surface area (Å²) < 4.78 is 73.7. The summed E-state index contributed by atoms with van der Waals surface area (Å²) in [6.07, 6.45) is -3.17. The smallest absolute Gasteiger partial charge is 0.428 e. The minimum Gasteiger partial charge on any atom is -0.428 e. The number of anilines is 1. The number of nitrogens with one attached hydrogen (secondary N) is 1. The maximum atomic E-state index is 15.0. The fourth-order valence-corrected chi connectivity index (χ4v) is 6.15.